The molecule has 6 nitrogen and oxygen atoms in total. The first-order chi connectivity index (χ1) is 6.74. The number of nitrogens with zero attached hydrogens (tertiary/aromatic N) is 1. The maximum atomic E-state index is 10.9. The van der Waals surface area contributed by atoms with Crippen molar-refractivity contribution in [2.75, 3.05) is 34.2 Å². The van der Waals surface area contributed by atoms with Crippen LogP contribution in [0, 0.1) is 0 Å². The fourth-order valence-electron chi connectivity index (χ4n) is 1.17. The summed E-state index contributed by atoms with van der Waals surface area (Å²) in [4.78, 5) is 21.3. The predicted octanol–water partition coefficient (Wildman–Crippen LogP) is -2.30. The van der Waals surface area contributed by atoms with E-state index in [1.54, 1.807) is 0 Å². The number of hydrogen-bond acceptors (Lipinski definition) is 5. The first-order valence-electron chi connectivity index (χ1n) is 4.64. The molecule has 15 heavy (non-hydrogen) atoms. The average molecular weight is 218 g/mol. The van der Waals surface area contributed by atoms with E-state index >= 15 is 0 Å². The Morgan fingerprint density at radius 3 is 2.27 bits per heavy atom. The number of likely N-dealkylation sites (N-methyl/N-ethyl adjacent to an activating group) is 1. The molecule has 0 aliphatic heterocycles. The van der Waals surface area contributed by atoms with Crippen LogP contribution in [0.25, 0.3) is 0 Å². The van der Waals surface area contributed by atoms with E-state index in [1.807, 2.05) is 21.1 Å². The summed E-state index contributed by atoms with van der Waals surface area (Å²) in [6.45, 7) is 0.153. The van der Waals surface area contributed by atoms with Crippen LogP contribution in [0.5, 0.6) is 0 Å². The fraction of sp³-hybridized carbons (Fsp3) is 0.778. The maximum Gasteiger partial charge on any atom is 0.320 e. The molecule has 0 saturated carbocycles. The highest BCUT2D eigenvalue weighted by molar-refractivity contribution is 5.72. The van der Waals surface area contributed by atoms with E-state index < -0.39 is 18.0 Å². The van der Waals surface area contributed by atoms with Gasteiger partial charge in [-0.2, -0.15) is 0 Å². The minimum atomic E-state index is -1.24. The molecule has 1 atom stereocenters. The lowest BCUT2D eigenvalue weighted by Crippen LogP contribution is -2.45. The minimum Gasteiger partial charge on any atom is -0.550 e. The van der Waals surface area contributed by atoms with Crippen LogP contribution >= 0.6 is 0 Å². The highest BCUT2D eigenvalue weighted by Gasteiger charge is 2.21. The molecule has 1 unspecified atom stereocenters. The summed E-state index contributed by atoms with van der Waals surface area (Å²) in [5.41, 5.74) is 5.07. The number of esters is 1. The molecule has 0 aromatic carbocycles. The van der Waals surface area contributed by atoms with Crippen molar-refractivity contribution in [2.24, 2.45) is 5.73 Å². The summed E-state index contributed by atoms with van der Waals surface area (Å²) >= 11 is 0. The molecule has 0 saturated heterocycles. The van der Waals surface area contributed by atoms with E-state index in [0.29, 0.717) is 11.0 Å². The molecule has 0 aliphatic rings. The number of carboxylic acids is 1. The Morgan fingerprint density at radius 2 is 1.93 bits per heavy atom. The second-order valence-electron chi connectivity index (χ2n) is 4.37. The molecular formula is C9H18N2O4. The number of quaternary nitrogens is 1. The lowest BCUT2D eigenvalue weighted by atomic mass is 10.2. The largest absolute Gasteiger partial charge is 0.550 e. The summed E-state index contributed by atoms with van der Waals surface area (Å²) in [6, 6.07) is 0. The lowest BCUT2D eigenvalue weighted by Gasteiger charge is -2.29. The third-order valence-corrected chi connectivity index (χ3v) is 1.61. The minimum absolute atomic E-state index is 0.249. The van der Waals surface area contributed by atoms with Gasteiger partial charge in [0, 0.05) is 12.4 Å². The SMILES string of the molecule is C[N+](C)(C)CC(CC(=O)[O-])OC(=O)CN. The van der Waals surface area contributed by atoms with Gasteiger partial charge < -0.3 is 24.9 Å². The van der Waals surface area contributed by atoms with E-state index in [1.165, 1.54) is 0 Å². The molecule has 0 aromatic rings. The molecule has 0 amide bonds. The molecule has 0 aromatic heterocycles. The molecule has 0 bridgehead atoms. The quantitative estimate of drug-likeness (QED) is 0.400. The Kier molecular flexibility index (Phi) is 5.24. The molecule has 0 radical (unpaired) electrons. The van der Waals surface area contributed by atoms with Crippen molar-refractivity contribution in [3.05, 3.63) is 0 Å². The van der Waals surface area contributed by atoms with Gasteiger partial charge in [0.2, 0.25) is 0 Å². The van der Waals surface area contributed by atoms with E-state index in [2.05, 4.69) is 0 Å². The summed E-state index contributed by atoms with van der Waals surface area (Å²) in [6.07, 6.45) is -0.993. The summed E-state index contributed by atoms with van der Waals surface area (Å²) in [7, 11) is 5.62. The maximum absolute atomic E-state index is 10.9. The predicted molar refractivity (Wildman–Crippen MR) is 51.5 cm³/mol. The van der Waals surface area contributed by atoms with Gasteiger partial charge in [0.05, 0.1) is 27.7 Å². The van der Waals surface area contributed by atoms with Gasteiger partial charge in [0.1, 0.15) is 6.54 Å². The number of rotatable bonds is 6. The summed E-state index contributed by atoms with van der Waals surface area (Å²) in [5, 5.41) is 10.4. The zero-order chi connectivity index (χ0) is 12.1. The van der Waals surface area contributed by atoms with Crippen molar-refractivity contribution in [1.29, 1.82) is 0 Å². The first-order valence-corrected chi connectivity index (χ1v) is 4.64. The molecule has 0 spiro atoms. The monoisotopic (exact) mass is 218 g/mol. The van der Waals surface area contributed by atoms with Crippen molar-refractivity contribution in [3.63, 3.8) is 0 Å². The number of carboxylic acid groups (broad SMARTS) is 1. The molecule has 0 fully saturated rings. The average Bonchev–Trinajstić information content (AvgIpc) is 1.99. The van der Waals surface area contributed by atoms with Gasteiger partial charge in [0.25, 0.3) is 0 Å². The van der Waals surface area contributed by atoms with E-state index in [9.17, 15) is 14.7 Å². The van der Waals surface area contributed by atoms with Gasteiger partial charge >= 0.3 is 5.97 Å². The van der Waals surface area contributed by atoms with Crippen LogP contribution in [-0.2, 0) is 14.3 Å². The van der Waals surface area contributed by atoms with Gasteiger partial charge in [-0.3, -0.25) is 4.79 Å². The number of aliphatic carboxylic acids is 1. The standard InChI is InChI=1S/C9H18N2O4/c1-11(2,3)6-7(4-8(12)13)15-9(14)5-10/h7H,4-6,10H2,1-3H3. The first kappa shape index (κ1) is 13.9. The summed E-state index contributed by atoms with van der Waals surface area (Å²) < 4.78 is 5.38. The number of carbonyl (C=O) groups excluding carboxylic acids is 2. The molecule has 88 valence electrons. The Morgan fingerprint density at radius 1 is 1.40 bits per heavy atom. The van der Waals surface area contributed by atoms with Gasteiger partial charge in [-0.25, -0.2) is 0 Å². The summed E-state index contributed by atoms with van der Waals surface area (Å²) in [5.74, 6) is -1.84. The third kappa shape index (κ3) is 7.90. The molecule has 2 N–H and O–H groups in total. The van der Waals surface area contributed by atoms with E-state index in [4.69, 9.17) is 10.5 Å². The van der Waals surface area contributed by atoms with Crippen LogP contribution in [0.15, 0.2) is 0 Å². The van der Waals surface area contributed by atoms with Crippen LogP contribution in [0.4, 0.5) is 0 Å². The Labute approximate surface area is 89.2 Å². The normalized spacial score (nSPS) is 13.3. The zero-order valence-electron chi connectivity index (χ0n) is 9.36. The van der Waals surface area contributed by atoms with E-state index in [-0.39, 0.29) is 13.0 Å². The Balaban J connectivity index is 4.31. The van der Waals surface area contributed by atoms with Crippen LogP contribution in [-0.4, -0.2) is 56.8 Å². The smallest absolute Gasteiger partial charge is 0.320 e. The van der Waals surface area contributed by atoms with E-state index in [0.717, 1.165) is 0 Å². The molecule has 6 heteroatoms. The Bertz CT molecular complexity index is 235. The number of ether oxygens (including phenoxy) is 1. The van der Waals surface area contributed by atoms with Crippen molar-refractivity contribution in [2.45, 2.75) is 12.5 Å². The molecule has 0 rings (SSSR count). The second-order valence-corrected chi connectivity index (χ2v) is 4.37. The number of nitrogens with two attached hydrogens (primary N) is 1. The van der Waals surface area contributed by atoms with Gasteiger partial charge in [0.15, 0.2) is 6.10 Å². The third-order valence-electron chi connectivity index (χ3n) is 1.61. The molecule has 0 heterocycles. The highest BCUT2D eigenvalue weighted by Crippen LogP contribution is 2.04. The molecular weight excluding hydrogens is 200 g/mol. The van der Waals surface area contributed by atoms with Crippen molar-refractivity contribution in [3.8, 4) is 0 Å². The zero-order valence-corrected chi connectivity index (χ0v) is 9.36. The topological polar surface area (TPSA) is 92.5 Å². The fourth-order valence-corrected chi connectivity index (χ4v) is 1.17. The van der Waals surface area contributed by atoms with Crippen molar-refractivity contribution >= 4 is 11.9 Å². The van der Waals surface area contributed by atoms with Crippen LogP contribution in [0.2, 0.25) is 0 Å². The van der Waals surface area contributed by atoms with Crippen molar-refractivity contribution in [1.82, 2.24) is 0 Å². The van der Waals surface area contributed by atoms with Crippen LogP contribution < -0.4 is 10.8 Å². The van der Waals surface area contributed by atoms with Crippen LogP contribution in [0.1, 0.15) is 6.42 Å². The van der Waals surface area contributed by atoms with Crippen molar-refractivity contribution < 1.29 is 23.9 Å². The highest BCUT2D eigenvalue weighted by atomic mass is 16.5. The second kappa shape index (κ2) is 5.67. The van der Waals surface area contributed by atoms with Gasteiger partial charge in [-0.15, -0.1) is 0 Å². The molecule has 0 aliphatic carbocycles. The van der Waals surface area contributed by atoms with Crippen LogP contribution in [0.3, 0.4) is 0 Å². The Hall–Kier alpha value is -1.14. The lowest BCUT2D eigenvalue weighted by molar-refractivity contribution is -0.873. The van der Waals surface area contributed by atoms with Gasteiger partial charge in [-0.05, 0) is 0 Å². The number of carbonyl (C=O) groups is 2. The number of hydrogen-bond donors (Lipinski definition) is 1. The van der Waals surface area contributed by atoms with Gasteiger partial charge in [-0.1, -0.05) is 0 Å².